The van der Waals surface area contributed by atoms with Crippen molar-refractivity contribution >= 4 is 28.9 Å². The van der Waals surface area contributed by atoms with Crippen molar-refractivity contribution in [3.05, 3.63) is 52.1 Å². The average Bonchev–Trinajstić information content (AvgIpc) is 2.83. The molecule has 182 valence electrons. The van der Waals surface area contributed by atoms with Crippen molar-refractivity contribution in [3.8, 4) is 11.5 Å². The molecule has 10 heteroatoms. The van der Waals surface area contributed by atoms with E-state index in [0.717, 1.165) is 25.3 Å². The van der Waals surface area contributed by atoms with Gasteiger partial charge in [-0.1, -0.05) is 19.8 Å². The minimum atomic E-state index is -0.628. The van der Waals surface area contributed by atoms with E-state index in [-0.39, 0.29) is 35.4 Å². The van der Waals surface area contributed by atoms with E-state index in [1.54, 1.807) is 18.2 Å². The van der Waals surface area contributed by atoms with Gasteiger partial charge in [0, 0.05) is 24.2 Å². The van der Waals surface area contributed by atoms with E-state index < -0.39 is 10.8 Å². The summed E-state index contributed by atoms with van der Waals surface area (Å²) in [6.07, 6.45) is 4.47. The molecule has 0 unspecified atom stereocenters. The molecule has 10 nitrogen and oxygen atoms in total. The predicted octanol–water partition coefficient (Wildman–Crippen LogP) is 3.97. The van der Waals surface area contributed by atoms with Crippen molar-refractivity contribution in [2.24, 2.45) is 5.92 Å². The minimum Gasteiger partial charge on any atom is -0.497 e. The Morgan fingerprint density at radius 3 is 2.44 bits per heavy atom. The summed E-state index contributed by atoms with van der Waals surface area (Å²) in [4.78, 5) is 36.4. The molecule has 0 aromatic heterocycles. The normalized spacial score (nSPS) is 17.5. The first-order chi connectivity index (χ1) is 16.3. The fraction of sp³-hybridized carbons (Fsp3) is 0.417. The lowest BCUT2D eigenvalue weighted by atomic mass is 9.86. The minimum absolute atomic E-state index is 0.0357. The summed E-state index contributed by atoms with van der Waals surface area (Å²) in [5.41, 5.74) is 0.231. The number of carbonyl (C=O) groups excluding carboxylic acids is 2. The second kappa shape index (κ2) is 11.5. The highest BCUT2D eigenvalue weighted by Gasteiger charge is 2.23. The zero-order valence-corrected chi connectivity index (χ0v) is 19.6. The molecule has 0 aliphatic heterocycles. The number of non-ortho nitro benzene ring substituents is 1. The molecule has 0 heterocycles. The molecule has 0 spiro atoms. The number of benzene rings is 2. The van der Waals surface area contributed by atoms with Crippen molar-refractivity contribution in [1.29, 1.82) is 0 Å². The number of amides is 2. The van der Waals surface area contributed by atoms with E-state index in [2.05, 4.69) is 22.9 Å². The number of nitrogens with one attached hydrogen (secondary N) is 3. The summed E-state index contributed by atoms with van der Waals surface area (Å²) in [7, 11) is 2.96. The predicted molar refractivity (Wildman–Crippen MR) is 129 cm³/mol. The van der Waals surface area contributed by atoms with E-state index in [9.17, 15) is 19.7 Å². The van der Waals surface area contributed by atoms with Gasteiger partial charge in [-0.25, -0.2) is 0 Å². The van der Waals surface area contributed by atoms with Gasteiger partial charge in [0.2, 0.25) is 5.91 Å². The Balaban J connectivity index is 1.77. The van der Waals surface area contributed by atoms with E-state index in [1.807, 2.05) is 0 Å². The van der Waals surface area contributed by atoms with Crippen LogP contribution in [0.15, 0.2) is 36.4 Å². The number of hydrogen-bond donors (Lipinski definition) is 3. The maximum absolute atomic E-state index is 13.1. The third-order valence-corrected chi connectivity index (χ3v) is 6.03. The van der Waals surface area contributed by atoms with Crippen LogP contribution in [0.5, 0.6) is 11.5 Å². The monoisotopic (exact) mass is 470 g/mol. The summed E-state index contributed by atoms with van der Waals surface area (Å²) >= 11 is 0. The molecule has 0 bridgehead atoms. The first kappa shape index (κ1) is 25.0. The summed E-state index contributed by atoms with van der Waals surface area (Å²) in [5.74, 6) is 0.424. The number of ether oxygens (including phenoxy) is 2. The molecular weight excluding hydrogens is 440 g/mol. The lowest BCUT2D eigenvalue weighted by Gasteiger charge is -2.29. The molecule has 0 radical (unpaired) electrons. The van der Waals surface area contributed by atoms with Crippen LogP contribution >= 0.6 is 0 Å². The van der Waals surface area contributed by atoms with Crippen LogP contribution < -0.4 is 25.4 Å². The SMILES string of the molecule is COc1ccc(NC(=O)c2cc([N+](=O)[O-])ccc2NC(=O)CN[C@H]2CCCC[C@@H]2C)c(OC)c1. The summed E-state index contributed by atoms with van der Waals surface area (Å²) in [6.45, 7) is 2.25. The van der Waals surface area contributed by atoms with Gasteiger partial charge >= 0.3 is 0 Å². The molecule has 2 amide bonds. The molecule has 2 aromatic rings. The Morgan fingerprint density at radius 1 is 1.03 bits per heavy atom. The van der Waals surface area contributed by atoms with Gasteiger partial charge < -0.3 is 25.4 Å². The van der Waals surface area contributed by atoms with Gasteiger partial charge in [-0.15, -0.1) is 0 Å². The Morgan fingerprint density at radius 2 is 1.76 bits per heavy atom. The summed E-state index contributed by atoms with van der Waals surface area (Å²) in [6, 6.07) is 8.85. The summed E-state index contributed by atoms with van der Waals surface area (Å²) in [5, 5.41) is 20.0. The van der Waals surface area contributed by atoms with Gasteiger partial charge in [0.05, 0.1) is 42.6 Å². The van der Waals surface area contributed by atoms with Crippen LogP contribution in [0.25, 0.3) is 0 Å². The molecule has 2 aromatic carbocycles. The van der Waals surface area contributed by atoms with Gasteiger partial charge in [0.15, 0.2) is 0 Å². The maximum atomic E-state index is 13.1. The van der Waals surface area contributed by atoms with Gasteiger partial charge in [-0.2, -0.15) is 0 Å². The second-order valence-electron chi connectivity index (χ2n) is 8.30. The summed E-state index contributed by atoms with van der Waals surface area (Å²) < 4.78 is 10.5. The first-order valence-corrected chi connectivity index (χ1v) is 11.2. The third kappa shape index (κ3) is 6.22. The Bertz CT molecular complexity index is 1060. The highest BCUT2D eigenvalue weighted by atomic mass is 16.6. The lowest BCUT2D eigenvalue weighted by Crippen LogP contribution is -2.41. The number of carbonyl (C=O) groups is 2. The second-order valence-corrected chi connectivity index (χ2v) is 8.30. The highest BCUT2D eigenvalue weighted by Crippen LogP contribution is 2.31. The fourth-order valence-corrected chi connectivity index (χ4v) is 4.07. The van der Waals surface area contributed by atoms with Crippen molar-refractivity contribution < 1.29 is 24.0 Å². The third-order valence-electron chi connectivity index (χ3n) is 6.03. The molecule has 1 aliphatic carbocycles. The van der Waals surface area contributed by atoms with Crippen LogP contribution in [0.1, 0.15) is 43.0 Å². The number of rotatable bonds is 9. The van der Waals surface area contributed by atoms with Crippen molar-refractivity contribution in [1.82, 2.24) is 5.32 Å². The van der Waals surface area contributed by atoms with Crippen molar-refractivity contribution in [2.75, 3.05) is 31.4 Å². The zero-order valence-electron chi connectivity index (χ0n) is 19.6. The highest BCUT2D eigenvalue weighted by molar-refractivity contribution is 6.11. The number of nitro benzene ring substituents is 1. The number of hydrogen-bond acceptors (Lipinski definition) is 7. The fourth-order valence-electron chi connectivity index (χ4n) is 4.07. The van der Waals surface area contributed by atoms with Crippen LogP contribution in [0.3, 0.4) is 0 Å². The largest absolute Gasteiger partial charge is 0.497 e. The topological polar surface area (TPSA) is 132 Å². The van der Waals surface area contributed by atoms with Crippen LogP contribution in [0.4, 0.5) is 17.1 Å². The Kier molecular flexibility index (Phi) is 8.42. The van der Waals surface area contributed by atoms with Crippen LogP contribution in [-0.2, 0) is 4.79 Å². The number of nitrogens with zero attached hydrogens (tertiary/aromatic N) is 1. The molecule has 2 atom stereocenters. The molecule has 1 aliphatic rings. The van der Waals surface area contributed by atoms with Crippen molar-refractivity contribution in [3.63, 3.8) is 0 Å². The molecular formula is C24H30N4O6. The first-order valence-electron chi connectivity index (χ1n) is 11.2. The van der Waals surface area contributed by atoms with E-state index >= 15 is 0 Å². The molecule has 34 heavy (non-hydrogen) atoms. The standard InChI is InChI=1S/C24H30N4O6/c1-15-6-4-5-7-19(15)25-14-23(29)26-20-10-8-16(28(31)32)12-18(20)24(30)27-21-11-9-17(33-2)13-22(21)34-3/h8-13,15,19,25H,4-7,14H2,1-3H3,(H,26,29)(H,27,30)/t15-,19-/m0/s1. The van der Waals surface area contributed by atoms with Gasteiger partial charge in [0.1, 0.15) is 11.5 Å². The van der Waals surface area contributed by atoms with Crippen LogP contribution in [-0.4, -0.2) is 43.5 Å². The number of nitro groups is 1. The molecule has 0 saturated heterocycles. The van der Waals surface area contributed by atoms with Gasteiger partial charge in [0.25, 0.3) is 11.6 Å². The molecule has 1 fully saturated rings. The number of anilines is 2. The molecule has 3 N–H and O–H groups in total. The van der Waals surface area contributed by atoms with Crippen molar-refractivity contribution in [2.45, 2.75) is 38.6 Å². The lowest BCUT2D eigenvalue weighted by molar-refractivity contribution is -0.384. The van der Waals surface area contributed by atoms with Crippen LogP contribution in [0, 0.1) is 16.0 Å². The van der Waals surface area contributed by atoms with Gasteiger partial charge in [-0.05, 0) is 37.0 Å². The quantitative estimate of drug-likeness (QED) is 0.373. The molecule has 3 rings (SSSR count). The molecule has 1 saturated carbocycles. The smallest absolute Gasteiger partial charge is 0.270 e. The number of methoxy groups -OCH3 is 2. The Hall–Kier alpha value is -3.66. The zero-order chi connectivity index (χ0) is 24.7. The van der Waals surface area contributed by atoms with E-state index in [0.29, 0.717) is 23.1 Å². The van der Waals surface area contributed by atoms with Gasteiger partial charge in [-0.3, -0.25) is 19.7 Å². The van der Waals surface area contributed by atoms with Crippen LogP contribution in [0.2, 0.25) is 0 Å². The van der Waals surface area contributed by atoms with E-state index in [1.165, 1.54) is 32.8 Å². The van der Waals surface area contributed by atoms with E-state index in [4.69, 9.17) is 9.47 Å². The maximum Gasteiger partial charge on any atom is 0.270 e. The Labute approximate surface area is 198 Å². The average molecular weight is 471 g/mol.